The SMILES string of the molecule is Cn1ncc2c(NCc3cccc(Br)c3)nc(NCC3(N)CC3)nc21. The monoisotopic (exact) mass is 401 g/mol. The van der Waals surface area contributed by atoms with E-state index in [-0.39, 0.29) is 5.54 Å². The van der Waals surface area contributed by atoms with Crippen LogP contribution in [-0.2, 0) is 13.6 Å². The molecule has 1 fully saturated rings. The van der Waals surface area contributed by atoms with Crippen LogP contribution in [0.3, 0.4) is 0 Å². The molecule has 2 aromatic heterocycles. The molecule has 0 aliphatic heterocycles. The van der Waals surface area contributed by atoms with E-state index in [0.717, 1.165) is 34.2 Å². The van der Waals surface area contributed by atoms with Crippen molar-refractivity contribution in [2.45, 2.75) is 24.9 Å². The summed E-state index contributed by atoms with van der Waals surface area (Å²) in [6.45, 7) is 1.35. The molecule has 0 radical (unpaired) electrons. The lowest BCUT2D eigenvalue weighted by Gasteiger charge is -2.13. The summed E-state index contributed by atoms with van der Waals surface area (Å²) in [5.41, 5.74) is 8.00. The minimum absolute atomic E-state index is 0.102. The van der Waals surface area contributed by atoms with Crippen molar-refractivity contribution in [3.63, 3.8) is 0 Å². The van der Waals surface area contributed by atoms with E-state index >= 15 is 0 Å². The summed E-state index contributed by atoms with van der Waals surface area (Å²) in [6.07, 6.45) is 3.87. The third-order valence-corrected chi connectivity index (χ3v) is 4.93. The molecule has 130 valence electrons. The lowest BCUT2D eigenvalue weighted by molar-refractivity contribution is 0.708. The van der Waals surface area contributed by atoms with Crippen LogP contribution in [0.2, 0.25) is 0 Å². The van der Waals surface area contributed by atoms with Crippen molar-refractivity contribution in [3.8, 4) is 0 Å². The van der Waals surface area contributed by atoms with Crippen LogP contribution in [0.5, 0.6) is 0 Å². The minimum Gasteiger partial charge on any atom is -0.365 e. The molecule has 1 saturated carbocycles. The van der Waals surface area contributed by atoms with Crippen LogP contribution >= 0.6 is 15.9 Å². The Hall–Kier alpha value is -2.19. The Bertz CT molecular complexity index is 917. The van der Waals surface area contributed by atoms with Gasteiger partial charge in [-0.15, -0.1) is 0 Å². The first-order valence-corrected chi connectivity index (χ1v) is 9.03. The van der Waals surface area contributed by atoms with Crippen LogP contribution in [0, 0.1) is 0 Å². The Morgan fingerprint density at radius 2 is 2.12 bits per heavy atom. The van der Waals surface area contributed by atoms with E-state index in [2.05, 4.69) is 53.8 Å². The summed E-state index contributed by atoms with van der Waals surface area (Å²) in [7, 11) is 1.88. The van der Waals surface area contributed by atoms with Gasteiger partial charge in [-0.2, -0.15) is 15.1 Å². The second-order valence-corrected chi connectivity index (χ2v) is 7.52. The predicted octanol–water partition coefficient (Wildman–Crippen LogP) is 2.64. The van der Waals surface area contributed by atoms with Gasteiger partial charge in [0.2, 0.25) is 5.95 Å². The van der Waals surface area contributed by atoms with Crippen molar-refractivity contribution in [2.75, 3.05) is 17.2 Å². The van der Waals surface area contributed by atoms with E-state index in [9.17, 15) is 0 Å². The molecule has 2 heterocycles. The highest BCUT2D eigenvalue weighted by molar-refractivity contribution is 9.10. The number of anilines is 2. The second kappa shape index (κ2) is 6.27. The topological polar surface area (TPSA) is 93.7 Å². The predicted molar refractivity (Wildman–Crippen MR) is 102 cm³/mol. The lowest BCUT2D eigenvalue weighted by Crippen LogP contribution is -2.31. The molecule has 0 spiro atoms. The van der Waals surface area contributed by atoms with Crippen LogP contribution in [0.1, 0.15) is 18.4 Å². The maximum atomic E-state index is 6.15. The van der Waals surface area contributed by atoms with Crippen LogP contribution in [0.15, 0.2) is 34.9 Å². The second-order valence-electron chi connectivity index (χ2n) is 6.60. The van der Waals surface area contributed by atoms with Gasteiger partial charge in [-0.3, -0.25) is 4.68 Å². The molecule has 0 unspecified atom stereocenters. The highest BCUT2D eigenvalue weighted by Gasteiger charge is 2.38. The number of nitrogens with two attached hydrogens (primary N) is 1. The third kappa shape index (κ3) is 3.59. The standard InChI is InChI=1S/C17H20BrN7/c1-25-15-13(9-22-25)14(20-8-11-3-2-4-12(18)7-11)23-16(24-15)21-10-17(19)5-6-17/h2-4,7,9H,5-6,8,10,19H2,1H3,(H2,20,21,23,24). The summed E-state index contributed by atoms with van der Waals surface area (Å²) in [4.78, 5) is 9.20. The molecule has 3 aromatic rings. The number of benzene rings is 1. The lowest BCUT2D eigenvalue weighted by atomic mass is 10.2. The Balaban J connectivity index is 1.59. The van der Waals surface area contributed by atoms with Gasteiger partial charge in [-0.05, 0) is 30.5 Å². The average Bonchev–Trinajstić information content (AvgIpc) is 3.22. The zero-order valence-electron chi connectivity index (χ0n) is 14.0. The van der Waals surface area contributed by atoms with Crippen LogP contribution in [0.25, 0.3) is 11.0 Å². The Morgan fingerprint density at radius 3 is 2.88 bits per heavy atom. The molecular weight excluding hydrogens is 382 g/mol. The molecule has 1 aliphatic carbocycles. The van der Waals surface area contributed by atoms with Crippen LogP contribution < -0.4 is 16.4 Å². The number of hydrogen-bond donors (Lipinski definition) is 3. The molecule has 25 heavy (non-hydrogen) atoms. The van der Waals surface area contributed by atoms with Crippen LogP contribution in [0.4, 0.5) is 11.8 Å². The molecule has 1 aliphatic rings. The fourth-order valence-corrected chi connectivity index (χ4v) is 3.11. The first kappa shape index (κ1) is 16.3. The third-order valence-electron chi connectivity index (χ3n) is 4.43. The molecule has 4 N–H and O–H groups in total. The van der Waals surface area contributed by atoms with Crippen molar-refractivity contribution in [2.24, 2.45) is 12.8 Å². The molecule has 0 atom stereocenters. The normalized spacial score (nSPS) is 15.3. The molecule has 1 aromatic carbocycles. The number of halogens is 1. The van der Waals surface area contributed by atoms with Gasteiger partial charge in [0.05, 0.1) is 11.6 Å². The summed E-state index contributed by atoms with van der Waals surface area (Å²) in [6, 6.07) is 8.18. The molecule has 4 rings (SSSR count). The van der Waals surface area contributed by atoms with E-state index < -0.39 is 0 Å². The van der Waals surface area contributed by atoms with Crippen molar-refractivity contribution in [1.29, 1.82) is 0 Å². The fraction of sp³-hybridized carbons (Fsp3) is 0.353. The largest absolute Gasteiger partial charge is 0.365 e. The smallest absolute Gasteiger partial charge is 0.226 e. The highest BCUT2D eigenvalue weighted by atomic mass is 79.9. The average molecular weight is 402 g/mol. The Morgan fingerprint density at radius 1 is 1.28 bits per heavy atom. The summed E-state index contributed by atoms with van der Waals surface area (Å²) in [5.74, 6) is 1.34. The number of aromatic nitrogens is 4. The van der Waals surface area contributed by atoms with Crippen molar-refractivity contribution >= 4 is 38.7 Å². The van der Waals surface area contributed by atoms with E-state index in [1.807, 2.05) is 19.2 Å². The maximum absolute atomic E-state index is 6.15. The van der Waals surface area contributed by atoms with E-state index in [1.54, 1.807) is 10.9 Å². The Labute approximate surface area is 154 Å². The van der Waals surface area contributed by atoms with Gasteiger partial charge in [0.25, 0.3) is 0 Å². The zero-order valence-corrected chi connectivity index (χ0v) is 15.5. The molecule has 8 heteroatoms. The zero-order chi connectivity index (χ0) is 17.4. The number of fused-ring (bicyclic) bond motifs is 1. The minimum atomic E-state index is -0.102. The number of nitrogens with zero attached hydrogens (tertiary/aromatic N) is 4. The first-order chi connectivity index (χ1) is 12.0. The van der Waals surface area contributed by atoms with Crippen molar-refractivity contribution in [1.82, 2.24) is 19.7 Å². The van der Waals surface area contributed by atoms with Gasteiger partial charge in [-0.1, -0.05) is 28.1 Å². The summed E-state index contributed by atoms with van der Waals surface area (Å²) in [5, 5.41) is 11.9. The maximum Gasteiger partial charge on any atom is 0.226 e. The van der Waals surface area contributed by atoms with Crippen molar-refractivity contribution < 1.29 is 0 Å². The van der Waals surface area contributed by atoms with Gasteiger partial charge in [0.1, 0.15) is 5.82 Å². The fourth-order valence-electron chi connectivity index (χ4n) is 2.66. The molecule has 7 nitrogen and oxygen atoms in total. The van der Waals surface area contributed by atoms with E-state index in [4.69, 9.17) is 5.73 Å². The van der Waals surface area contributed by atoms with E-state index in [1.165, 1.54) is 5.56 Å². The van der Waals surface area contributed by atoms with Crippen LogP contribution in [-0.4, -0.2) is 31.8 Å². The quantitative estimate of drug-likeness (QED) is 0.587. The molecular formula is C17H20BrN7. The summed E-state index contributed by atoms with van der Waals surface area (Å²) < 4.78 is 2.81. The van der Waals surface area contributed by atoms with Crippen molar-refractivity contribution in [3.05, 3.63) is 40.5 Å². The van der Waals surface area contributed by atoms with Gasteiger partial charge in [0, 0.05) is 30.1 Å². The number of hydrogen-bond acceptors (Lipinski definition) is 6. The molecule has 0 amide bonds. The van der Waals surface area contributed by atoms with E-state index in [0.29, 0.717) is 19.0 Å². The first-order valence-electron chi connectivity index (χ1n) is 8.23. The number of rotatable bonds is 6. The van der Waals surface area contributed by atoms with Gasteiger partial charge in [-0.25, -0.2) is 0 Å². The highest BCUT2D eigenvalue weighted by Crippen LogP contribution is 2.32. The molecule has 0 bridgehead atoms. The number of nitrogens with one attached hydrogen (secondary N) is 2. The Kier molecular flexibility index (Phi) is 4.09. The van der Waals surface area contributed by atoms with Gasteiger partial charge < -0.3 is 16.4 Å². The summed E-state index contributed by atoms with van der Waals surface area (Å²) >= 11 is 3.50. The van der Waals surface area contributed by atoms with Gasteiger partial charge >= 0.3 is 0 Å². The molecule has 0 saturated heterocycles. The van der Waals surface area contributed by atoms with Gasteiger partial charge in [0.15, 0.2) is 5.65 Å². The number of aryl methyl sites for hydroxylation is 1.